The number of hydrogen-bond donors (Lipinski definition) is 3. The first-order chi connectivity index (χ1) is 15.2. The number of benzene rings is 2. The number of H-pyrrole nitrogens is 1. The monoisotopic (exact) mass is 415 g/mol. The average molecular weight is 415 g/mol. The molecule has 31 heavy (non-hydrogen) atoms. The highest BCUT2D eigenvalue weighted by molar-refractivity contribution is 5.89. The third kappa shape index (κ3) is 3.26. The van der Waals surface area contributed by atoms with Crippen molar-refractivity contribution in [2.45, 2.75) is 25.6 Å². The summed E-state index contributed by atoms with van der Waals surface area (Å²) < 4.78 is 14.7. The van der Waals surface area contributed by atoms with Crippen LogP contribution in [0.5, 0.6) is 0 Å². The van der Waals surface area contributed by atoms with E-state index in [1.165, 1.54) is 12.4 Å². The maximum absolute atomic E-state index is 14.7. The topological polar surface area (TPSA) is 81.8 Å². The summed E-state index contributed by atoms with van der Waals surface area (Å²) in [6.45, 7) is 6.36. The Bertz CT molecular complexity index is 1240. The van der Waals surface area contributed by atoms with Gasteiger partial charge in [-0.05, 0) is 30.7 Å². The van der Waals surface area contributed by atoms with Crippen molar-refractivity contribution in [3.8, 4) is 0 Å². The molecule has 0 bridgehead atoms. The number of aromatic nitrogens is 4. The summed E-state index contributed by atoms with van der Waals surface area (Å²) in [6.07, 6.45) is 3.63. The maximum Gasteiger partial charge on any atom is 0.182 e. The van der Waals surface area contributed by atoms with Crippen LogP contribution in [0.2, 0.25) is 0 Å². The molecule has 0 radical (unpaired) electrons. The van der Waals surface area contributed by atoms with Crippen LogP contribution in [0, 0.1) is 5.82 Å². The molecule has 0 saturated carbocycles. The van der Waals surface area contributed by atoms with Crippen LogP contribution in [0.3, 0.4) is 0 Å². The lowest BCUT2D eigenvalue weighted by molar-refractivity contribution is 0.565. The molecule has 0 amide bonds. The highest BCUT2D eigenvalue weighted by Crippen LogP contribution is 2.39. The van der Waals surface area contributed by atoms with Gasteiger partial charge >= 0.3 is 0 Å². The molecule has 156 valence electrons. The van der Waals surface area contributed by atoms with Gasteiger partial charge in [-0.25, -0.2) is 19.3 Å². The van der Waals surface area contributed by atoms with Crippen LogP contribution in [0.4, 0.5) is 21.6 Å². The van der Waals surface area contributed by atoms with Crippen molar-refractivity contribution in [1.82, 2.24) is 19.9 Å². The molecule has 2 aromatic carbocycles. The first kappa shape index (κ1) is 19.0. The van der Waals surface area contributed by atoms with Gasteiger partial charge in [0.25, 0.3) is 0 Å². The van der Waals surface area contributed by atoms with Crippen molar-refractivity contribution in [2.75, 3.05) is 15.5 Å². The van der Waals surface area contributed by atoms with Gasteiger partial charge in [-0.15, -0.1) is 0 Å². The average Bonchev–Trinajstić information content (AvgIpc) is 3.27. The summed E-state index contributed by atoms with van der Waals surface area (Å²) in [5.74, 6) is 0.366. The Balaban J connectivity index is 1.58. The van der Waals surface area contributed by atoms with Gasteiger partial charge < -0.3 is 20.5 Å². The second kappa shape index (κ2) is 7.71. The molecule has 1 aliphatic heterocycles. The van der Waals surface area contributed by atoms with Gasteiger partial charge in [0.2, 0.25) is 0 Å². The minimum atomic E-state index is -0.301. The van der Waals surface area contributed by atoms with Gasteiger partial charge in [0.05, 0.1) is 17.9 Å². The fraction of sp³-hybridized carbons (Fsp3) is 0.174. The number of fused-ring (bicyclic) bond motifs is 2. The fourth-order valence-corrected chi connectivity index (χ4v) is 4.09. The Hall–Kier alpha value is -3.94. The number of imidazole rings is 1. The number of nitrogens with one attached hydrogen (secondary N) is 3. The summed E-state index contributed by atoms with van der Waals surface area (Å²) in [5.41, 5.74) is 4.08. The van der Waals surface area contributed by atoms with Crippen LogP contribution in [0.15, 0.2) is 67.8 Å². The summed E-state index contributed by atoms with van der Waals surface area (Å²) >= 11 is 0. The van der Waals surface area contributed by atoms with Crippen molar-refractivity contribution in [2.24, 2.45) is 0 Å². The molecule has 4 aromatic rings. The maximum atomic E-state index is 14.7. The molecule has 7 nitrogen and oxygen atoms in total. The Morgan fingerprint density at radius 2 is 1.97 bits per heavy atom. The zero-order valence-electron chi connectivity index (χ0n) is 17.0. The number of rotatable bonds is 5. The lowest BCUT2D eigenvalue weighted by Crippen LogP contribution is -2.53. The Morgan fingerprint density at radius 1 is 1.13 bits per heavy atom. The molecule has 0 aliphatic carbocycles. The highest BCUT2D eigenvalue weighted by atomic mass is 19.1. The first-order valence-corrected chi connectivity index (χ1v) is 10.2. The molecule has 2 atom stereocenters. The van der Waals surface area contributed by atoms with Crippen molar-refractivity contribution < 1.29 is 4.39 Å². The summed E-state index contributed by atoms with van der Waals surface area (Å²) in [6, 6.07) is 14.8. The number of halogens is 1. The van der Waals surface area contributed by atoms with E-state index in [4.69, 9.17) is 0 Å². The largest absolute Gasteiger partial charge is 0.363 e. The molecule has 0 fully saturated rings. The highest BCUT2D eigenvalue weighted by Gasteiger charge is 2.35. The molecule has 8 heteroatoms. The van der Waals surface area contributed by atoms with E-state index in [1.807, 2.05) is 41.3 Å². The van der Waals surface area contributed by atoms with Gasteiger partial charge in [0.15, 0.2) is 11.5 Å². The SMILES string of the molecule is C=C1c2c(F)cccc2NC(C(CC)Nc2ncnc3nc[nH]c23)N1c1ccccc1. The van der Waals surface area contributed by atoms with Crippen LogP contribution in [-0.4, -0.2) is 32.1 Å². The van der Waals surface area contributed by atoms with Gasteiger partial charge in [0, 0.05) is 17.1 Å². The van der Waals surface area contributed by atoms with Crippen molar-refractivity contribution >= 4 is 34.1 Å². The van der Waals surface area contributed by atoms with E-state index in [0.29, 0.717) is 22.7 Å². The van der Waals surface area contributed by atoms with Crippen LogP contribution < -0.4 is 15.5 Å². The normalized spacial score (nSPS) is 16.6. The van der Waals surface area contributed by atoms with Crippen molar-refractivity contribution in [3.05, 3.63) is 79.1 Å². The second-order valence-electron chi connectivity index (χ2n) is 7.39. The predicted molar refractivity (Wildman–Crippen MR) is 121 cm³/mol. The number of nitrogens with zero attached hydrogens (tertiary/aromatic N) is 4. The molecule has 3 N–H and O–H groups in total. The van der Waals surface area contributed by atoms with E-state index in [-0.39, 0.29) is 18.0 Å². The number of aromatic amines is 1. The zero-order chi connectivity index (χ0) is 21.4. The van der Waals surface area contributed by atoms with E-state index in [9.17, 15) is 4.39 Å². The van der Waals surface area contributed by atoms with E-state index in [2.05, 4.69) is 44.1 Å². The van der Waals surface area contributed by atoms with Crippen LogP contribution in [0.1, 0.15) is 18.9 Å². The quantitative estimate of drug-likeness (QED) is 0.442. The number of hydrogen-bond acceptors (Lipinski definition) is 6. The number of para-hydroxylation sites is 1. The Labute approximate surface area is 179 Å². The van der Waals surface area contributed by atoms with E-state index in [0.717, 1.165) is 23.3 Å². The molecule has 5 rings (SSSR count). The Kier molecular flexibility index (Phi) is 4.74. The molecule has 0 spiro atoms. The Morgan fingerprint density at radius 3 is 2.77 bits per heavy atom. The van der Waals surface area contributed by atoms with E-state index in [1.54, 1.807) is 12.4 Å². The standard InChI is InChI=1S/C23H22FN7/c1-3-17(29-22-20-21(26-12-25-20)27-13-28-22)23-30-18-11-7-10-16(24)19(18)14(2)31(23)15-8-5-4-6-9-15/h4-13,17,23,30H,2-3H2,1H3,(H2,25,26,27,28,29). The predicted octanol–water partition coefficient (Wildman–Crippen LogP) is 4.61. The molecule has 2 unspecified atom stereocenters. The third-order valence-electron chi connectivity index (χ3n) is 5.57. The van der Waals surface area contributed by atoms with E-state index < -0.39 is 0 Å². The second-order valence-corrected chi connectivity index (χ2v) is 7.39. The van der Waals surface area contributed by atoms with Gasteiger partial charge in [-0.1, -0.05) is 37.8 Å². The van der Waals surface area contributed by atoms with Crippen molar-refractivity contribution in [1.29, 1.82) is 0 Å². The summed E-state index contributed by atoms with van der Waals surface area (Å²) in [7, 11) is 0. The van der Waals surface area contributed by atoms with Crippen LogP contribution in [-0.2, 0) is 0 Å². The van der Waals surface area contributed by atoms with Crippen molar-refractivity contribution in [3.63, 3.8) is 0 Å². The van der Waals surface area contributed by atoms with E-state index >= 15 is 0 Å². The van der Waals surface area contributed by atoms with Crippen LogP contribution in [0.25, 0.3) is 16.9 Å². The van der Waals surface area contributed by atoms with Crippen LogP contribution >= 0.6 is 0 Å². The molecule has 3 heterocycles. The zero-order valence-corrected chi connectivity index (χ0v) is 17.0. The summed E-state index contributed by atoms with van der Waals surface area (Å²) in [5, 5.41) is 7.06. The lowest BCUT2D eigenvalue weighted by Gasteiger charge is -2.44. The van der Waals surface area contributed by atoms with Gasteiger partial charge in [-0.3, -0.25) is 0 Å². The minimum absolute atomic E-state index is 0.0882. The summed E-state index contributed by atoms with van der Waals surface area (Å²) in [4.78, 5) is 17.9. The first-order valence-electron chi connectivity index (χ1n) is 10.2. The van der Waals surface area contributed by atoms with Gasteiger partial charge in [0.1, 0.15) is 23.8 Å². The fourth-order valence-electron chi connectivity index (χ4n) is 4.09. The number of anilines is 3. The molecule has 2 aromatic heterocycles. The molecule has 0 saturated heterocycles. The third-order valence-corrected chi connectivity index (χ3v) is 5.57. The van der Waals surface area contributed by atoms with Gasteiger partial charge in [-0.2, -0.15) is 0 Å². The minimum Gasteiger partial charge on any atom is -0.363 e. The molecular formula is C23H22FN7. The lowest BCUT2D eigenvalue weighted by atomic mass is 9.99. The molecule has 1 aliphatic rings. The molecular weight excluding hydrogens is 393 g/mol. The smallest absolute Gasteiger partial charge is 0.182 e.